The molecule has 6 nitrogen and oxygen atoms in total. The second-order valence-corrected chi connectivity index (χ2v) is 7.87. The number of anilines is 1. The number of halogens is 3. The molecule has 1 heterocycles. The van der Waals surface area contributed by atoms with Gasteiger partial charge in [0.25, 0.3) is 0 Å². The Morgan fingerprint density at radius 3 is 2.49 bits per heavy atom. The minimum atomic E-state index is -4.50. The number of carbonyl (C=O) groups is 1. The molecule has 0 saturated carbocycles. The Morgan fingerprint density at radius 2 is 1.74 bits per heavy atom. The van der Waals surface area contributed by atoms with Gasteiger partial charge in [-0.05, 0) is 47.5 Å². The number of nitrogens with one attached hydrogen (secondary N) is 3. The lowest BCUT2D eigenvalue weighted by Crippen LogP contribution is -2.32. The molecule has 182 valence electrons. The Hall–Kier alpha value is -4.14. The van der Waals surface area contributed by atoms with Crippen LogP contribution in [0.3, 0.4) is 0 Å². The predicted octanol–water partition coefficient (Wildman–Crippen LogP) is 6.16. The van der Waals surface area contributed by atoms with Crippen LogP contribution in [0.2, 0.25) is 0 Å². The number of benzene rings is 3. The van der Waals surface area contributed by atoms with Crippen LogP contribution in [0, 0.1) is 0 Å². The van der Waals surface area contributed by atoms with Crippen molar-refractivity contribution >= 4 is 22.6 Å². The van der Waals surface area contributed by atoms with Gasteiger partial charge in [-0.2, -0.15) is 13.2 Å². The number of ether oxygens (including phenoxy) is 2. The first-order valence-electron chi connectivity index (χ1n) is 10.8. The maximum Gasteiger partial charge on any atom is 0.416 e. The molecule has 0 bridgehead atoms. The largest absolute Gasteiger partial charge is 0.493 e. The minimum absolute atomic E-state index is 0.0482. The van der Waals surface area contributed by atoms with Crippen LogP contribution in [-0.4, -0.2) is 31.8 Å². The Morgan fingerprint density at radius 1 is 0.971 bits per heavy atom. The first-order valence-corrected chi connectivity index (χ1v) is 10.8. The summed E-state index contributed by atoms with van der Waals surface area (Å²) in [5.41, 5.74) is 1.98. The van der Waals surface area contributed by atoms with Crippen molar-refractivity contribution in [3.05, 3.63) is 89.6 Å². The number of amides is 2. The van der Waals surface area contributed by atoms with E-state index in [9.17, 15) is 18.0 Å². The topological polar surface area (TPSA) is 75.4 Å². The van der Waals surface area contributed by atoms with Crippen LogP contribution in [0.1, 0.15) is 22.6 Å². The van der Waals surface area contributed by atoms with Crippen LogP contribution in [-0.2, 0) is 6.18 Å². The fourth-order valence-electron chi connectivity index (χ4n) is 4.00. The summed E-state index contributed by atoms with van der Waals surface area (Å²) in [7, 11) is 3.09. The third kappa shape index (κ3) is 5.34. The zero-order chi connectivity index (χ0) is 25.0. The normalized spacial score (nSPS) is 12.3. The lowest BCUT2D eigenvalue weighted by atomic mass is 9.90. The molecule has 0 aliphatic rings. The van der Waals surface area contributed by atoms with E-state index in [0.717, 1.165) is 34.2 Å². The number of urea groups is 1. The van der Waals surface area contributed by atoms with Gasteiger partial charge in [-0.1, -0.05) is 30.3 Å². The van der Waals surface area contributed by atoms with E-state index in [1.165, 1.54) is 12.1 Å². The number of fused-ring (bicyclic) bond motifs is 1. The Balaban J connectivity index is 1.60. The standard InChI is InChI=1S/C26H24F3N3O3/c1-34-23-11-10-16(12-24(23)35-2)20(21-15-30-22-9-4-3-8-19(21)22)14-31-25(33)32-18-7-5-6-17(13-18)26(27,28)29/h3-13,15,20,30H,14H2,1-2H3,(H2,31,32,33). The van der Waals surface area contributed by atoms with Crippen molar-refractivity contribution < 1.29 is 27.4 Å². The van der Waals surface area contributed by atoms with E-state index in [1.807, 2.05) is 42.6 Å². The number of hydrogen-bond acceptors (Lipinski definition) is 3. The fraction of sp³-hybridized carbons (Fsp3) is 0.192. The molecule has 3 N–H and O–H groups in total. The Labute approximate surface area is 200 Å². The highest BCUT2D eigenvalue weighted by molar-refractivity contribution is 5.89. The summed E-state index contributed by atoms with van der Waals surface area (Å²) in [6, 6.07) is 17.2. The third-order valence-corrected chi connectivity index (χ3v) is 5.72. The van der Waals surface area contributed by atoms with E-state index in [-0.39, 0.29) is 18.2 Å². The van der Waals surface area contributed by atoms with Gasteiger partial charge in [0.2, 0.25) is 0 Å². The van der Waals surface area contributed by atoms with Crippen LogP contribution in [0.5, 0.6) is 11.5 Å². The van der Waals surface area contributed by atoms with Crippen LogP contribution in [0.4, 0.5) is 23.7 Å². The maximum absolute atomic E-state index is 13.0. The average Bonchev–Trinajstić information content (AvgIpc) is 3.27. The smallest absolute Gasteiger partial charge is 0.416 e. The molecule has 1 aromatic heterocycles. The molecular formula is C26H24F3N3O3. The second kappa shape index (κ2) is 10.0. The first-order chi connectivity index (χ1) is 16.8. The van der Waals surface area contributed by atoms with Gasteiger partial charge in [-0.15, -0.1) is 0 Å². The van der Waals surface area contributed by atoms with E-state index in [4.69, 9.17) is 9.47 Å². The number of alkyl halides is 3. The van der Waals surface area contributed by atoms with E-state index in [1.54, 1.807) is 20.3 Å². The van der Waals surface area contributed by atoms with Gasteiger partial charge >= 0.3 is 12.2 Å². The summed E-state index contributed by atoms with van der Waals surface area (Å²) >= 11 is 0. The summed E-state index contributed by atoms with van der Waals surface area (Å²) in [5, 5.41) is 6.26. The molecule has 0 fully saturated rings. The SMILES string of the molecule is COc1ccc(C(CNC(=O)Nc2cccc(C(F)(F)F)c2)c2c[nH]c3ccccc23)cc1OC. The number of aromatic nitrogens is 1. The Bertz CT molecular complexity index is 1330. The van der Waals surface area contributed by atoms with Crippen LogP contribution < -0.4 is 20.1 Å². The average molecular weight is 483 g/mol. The number of H-pyrrole nitrogens is 1. The molecule has 4 aromatic rings. The lowest BCUT2D eigenvalue weighted by molar-refractivity contribution is -0.137. The van der Waals surface area contributed by atoms with Crippen LogP contribution >= 0.6 is 0 Å². The summed E-state index contributed by atoms with van der Waals surface area (Å²) in [5.74, 6) is 0.839. The van der Waals surface area contributed by atoms with E-state index < -0.39 is 17.8 Å². The molecule has 35 heavy (non-hydrogen) atoms. The van der Waals surface area contributed by atoms with Crippen molar-refractivity contribution in [2.45, 2.75) is 12.1 Å². The summed E-state index contributed by atoms with van der Waals surface area (Å²) < 4.78 is 49.8. The molecule has 1 unspecified atom stereocenters. The molecule has 2 amide bonds. The van der Waals surface area contributed by atoms with Crippen LogP contribution in [0.15, 0.2) is 72.9 Å². The second-order valence-electron chi connectivity index (χ2n) is 7.87. The van der Waals surface area contributed by atoms with E-state index >= 15 is 0 Å². The molecule has 0 spiro atoms. The molecule has 4 rings (SSSR count). The number of methoxy groups -OCH3 is 2. The number of aromatic amines is 1. The monoisotopic (exact) mass is 483 g/mol. The third-order valence-electron chi connectivity index (χ3n) is 5.72. The molecule has 9 heteroatoms. The summed E-state index contributed by atoms with van der Waals surface area (Å²) in [4.78, 5) is 15.9. The number of carbonyl (C=O) groups excluding carboxylic acids is 1. The first kappa shape index (κ1) is 24.0. The zero-order valence-electron chi connectivity index (χ0n) is 19.1. The van der Waals surface area contributed by atoms with Crippen molar-refractivity contribution in [3.8, 4) is 11.5 Å². The molecule has 1 atom stereocenters. The van der Waals surface area contributed by atoms with Gasteiger partial charge in [-0.3, -0.25) is 0 Å². The molecule has 0 radical (unpaired) electrons. The highest BCUT2D eigenvalue weighted by atomic mass is 19.4. The van der Waals surface area contributed by atoms with Gasteiger partial charge in [0, 0.05) is 35.2 Å². The molecule has 0 saturated heterocycles. The summed E-state index contributed by atoms with van der Waals surface area (Å²) in [6.45, 7) is 0.183. The summed E-state index contributed by atoms with van der Waals surface area (Å²) in [6.07, 6.45) is -2.61. The van der Waals surface area contributed by atoms with Crippen molar-refractivity contribution in [1.29, 1.82) is 0 Å². The number of para-hydroxylation sites is 1. The quantitative estimate of drug-likeness (QED) is 0.295. The Kier molecular flexibility index (Phi) is 6.86. The van der Waals surface area contributed by atoms with Gasteiger partial charge in [0.15, 0.2) is 11.5 Å². The van der Waals surface area contributed by atoms with Gasteiger partial charge in [0.05, 0.1) is 19.8 Å². The fourth-order valence-corrected chi connectivity index (χ4v) is 4.00. The van der Waals surface area contributed by atoms with Gasteiger partial charge in [-0.25, -0.2) is 4.79 Å². The van der Waals surface area contributed by atoms with Crippen molar-refractivity contribution in [2.75, 3.05) is 26.1 Å². The number of rotatable bonds is 7. The van der Waals surface area contributed by atoms with Crippen molar-refractivity contribution in [1.82, 2.24) is 10.3 Å². The van der Waals surface area contributed by atoms with Gasteiger partial charge in [0.1, 0.15) is 0 Å². The number of hydrogen-bond donors (Lipinski definition) is 3. The molecule has 0 aliphatic carbocycles. The van der Waals surface area contributed by atoms with Crippen molar-refractivity contribution in [2.24, 2.45) is 0 Å². The maximum atomic E-state index is 13.0. The van der Waals surface area contributed by atoms with E-state index in [0.29, 0.717) is 11.5 Å². The zero-order valence-corrected chi connectivity index (χ0v) is 19.1. The van der Waals surface area contributed by atoms with Crippen molar-refractivity contribution in [3.63, 3.8) is 0 Å². The molecule has 3 aromatic carbocycles. The predicted molar refractivity (Wildman–Crippen MR) is 128 cm³/mol. The highest BCUT2D eigenvalue weighted by Crippen LogP contribution is 2.36. The molecular weight excluding hydrogens is 459 g/mol. The molecule has 0 aliphatic heterocycles. The lowest BCUT2D eigenvalue weighted by Gasteiger charge is -2.20. The highest BCUT2D eigenvalue weighted by Gasteiger charge is 2.30. The van der Waals surface area contributed by atoms with Crippen LogP contribution in [0.25, 0.3) is 10.9 Å². The minimum Gasteiger partial charge on any atom is -0.493 e. The van der Waals surface area contributed by atoms with E-state index in [2.05, 4.69) is 15.6 Å². The van der Waals surface area contributed by atoms with Gasteiger partial charge < -0.3 is 25.1 Å².